The van der Waals surface area contributed by atoms with E-state index in [1.54, 1.807) is 37.3 Å². The number of hydrogen-bond acceptors (Lipinski definition) is 4. The molecular formula is C26H29N3O4S. The average Bonchev–Trinajstić information content (AvgIpc) is 2.79. The zero-order chi connectivity index (χ0) is 24.9. The van der Waals surface area contributed by atoms with Gasteiger partial charge in [-0.25, -0.2) is 8.42 Å². The fourth-order valence-electron chi connectivity index (χ4n) is 3.58. The summed E-state index contributed by atoms with van der Waals surface area (Å²) in [7, 11) is -3.72. The maximum absolute atomic E-state index is 12.9. The van der Waals surface area contributed by atoms with Gasteiger partial charge in [0.2, 0.25) is 15.9 Å². The van der Waals surface area contributed by atoms with Gasteiger partial charge >= 0.3 is 0 Å². The van der Waals surface area contributed by atoms with Gasteiger partial charge in [0.05, 0.1) is 29.2 Å². The number of carbonyl (C=O) groups is 2. The quantitative estimate of drug-likeness (QED) is 0.506. The molecule has 0 bridgehead atoms. The van der Waals surface area contributed by atoms with Gasteiger partial charge < -0.3 is 10.6 Å². The molecule has 2 N–H and O–H groups in total. The van der Waals surface area contributed by atoms with Crippen LogP contribution in [-0.2, 0) is 14.8 Å². The van der Waals surface area contributed by atoms with E-state index in [0.29, 0.717) is 11.4 Å². The van der Waals surface area contributed by atoms with Gasteiger partial charge in [-0.1, -0.05) is 54.6 Å². The van der Waals surface area contributed by atoms with Gasteiger partial charge in [0.25, 0.3) is 5.91 Å². The first kappa shape index (κ1) is 25.0. The first-order valence-electron chi connectivity index (χ1n) is 10.9. The zero-order valence-corrected chi connectivity index (χ0v) is 20.5. The molecule has 1 atom stereocenters. The summed E-state index contributed by atoms with van der Waals surface area (Å²) in [5.41, 5.74) is 3.61. The molecule has 2 amide bonds. The van der Waals surface area contributed by atoms with Crippen LogP contribution < -0.4 is 14.9 Å². The second-order valence-corrected chi connectivity index (χ2v) is 10.2. The van der Waals surface area contributed by atoms with E-state index in [4.69, 9.17) is 0 Å². The van der Waals surface area contributed by atoms with Gasteiger partial charge in [-0.2, -0.15) is 0 Å². The van der Waals surface area contributed by atoms with Gasteiger partial charge in [0.15, 0.2) is 0 Å². The number of benzene rings is 3. The molecule has 3 aromatic carbocycles. The van der Waals surface area contributed by atoms with Crippen molar-refractivity contribution in [1.29, 1.82) is 0 Å². The fourth-order valence-corrected chi connectivity index (χ4v) is 4.48. The standard InChI is InChI=1S/C26H29N3O4S/c1-18-14-15-19(2)24(16-18)29(34(4,32)33)17-25(30)28-23-13-9-8-12-22(23)26(31)27-20(3)21-10-6-5-7-11-21/h5-16,20H,17H2,1-4H3,(H,27,31)(H,28,30)/t20-/m0/s1. The molecule has 3 rings (SSSR count). The highest BCUT2D eigenvalue weighted by Gasteiger charge is 2.23. The molecule has 0 aliphatic rings. The summed E-state index contributed by atoms with van der Waals surface area (Å²) >= 11 is 0. The van der Waals surface area contributed by atoms with Crippen LogP contribution in [0.25, 0.3) is 0 Å². The Morgan fingerprint density at radius 3 is 2.26 bits per heavy atom. The average molecular weight is 480 g/mol. The maximum Gasteiger partial charge on any atom is 0.253 e. The van der Waals surface area contributed by atoms with E-state index in [2.05, 4.69) is 10.6 Å². The number of nitrogens with zero attached hydrogens (tertiary/aromatic N) is 1. The fraction of sp³-hybridized carbons (Fsp3) is 0.231. The molecule has 0 saturated carbocycles. The van der Waals surface area contributed by atoms with E-state index in [1.165, 1.54) is 0 Å². The number of aryl methyl sites for hydroxylation is 2. The molecule has 0 aliphatic heterocycles. The molecule has 0 radical (unpaired) electrons. The Morgan fingerprint density at radius 2 is 1.59 bits per heavy atom. The number of anilines is 2. The molecule has 7 nitrogen and oxygen atoms in total. The number of nitrogens with one attached hydrogen (secondary N) is 2. The van der Waals surface area contributed by atoms with E-state index in [1.807, 2.05) is 56.3 Å². The predicted octanol–water partition coefficient (Wildman–Crippen LogP) is 4.20. The Kier molecular flexibility index (Phi) is 7.73. The van der Waals surface area contributed by atoms with E-state index in [9.17, 15) is 18.0 Å². The lowest BCUT2D eigenvalue weighted by atomic mass is 10.1. The Labute approximate surface area is 200 Å². The molecule has 34 heavy (non-hydrogen) atoms. The lowest BCUT2D eigenvalue weighted by molar-refractivity contribution is -0.114. The van der Waals surface area contributed by atoms with Gasteiger partial charge in [0.1, 0.15) is 6.54 Å². The van der Waals surface area contributed by atoms with Crippen LogP contribution in [0.1, 0.15) is 40.0 Å². The second-order valence-electron chi connectivity index (χ2n) is 8.26. The van der Waals surface area contributed by atoms with Crippen LogP contribution in [0.2, 0.25) is 0 Å². The van der Waals surface area contributed by atoms with Crippen LogP contribution in [0.3, 0.4) is 0 Å². The van der Waals surface area contributed by atoms with E-state index < -0.39 is 22.5 Å². The third-order valence-electron chi connectivity index (χ3n) is 5.41. The minimum atomic E-state index is -3.72. The smallest absolute Gasteiger partial charge is 0.253 e. The first-order chi connectivity index (χ1) is 16.1. The van der Waals surface area contributed by atoms with Crippen molar-refractivity contribution in [3.63, 3.8) is 0 Å². The Balaban J connectivity index is 1.79. The largest absolute Gasteiger partial charge is 0.345 e. The van der Waals surface area contributed by atoms with E-state index in [-0.39, 0.29) is 17.5 Å². The summed E-state index contributed by atoms with van der Waals surface area (Å²) in [5.74, 6) is -0.899. The van der Waals surface area contributed by atoms with Crippen molar-refractivity contribution < 1.29 is 18.0 Å². The lowest BCUT2D eigenvalue weighted by Gasteiger charge is -2.24. The van der Waals surface area contributed by atoms with Gasteiger partial charge in [-0.05, 0) is 55.7 Å². The van der Waals surface area contributed by atoms with Gasteiger partial charge in [-0.3, -0.25) is 13.9 Å². The molecule has 178 valence electrons. The molecule has 8 heteroatoms. The molecule has 3 aromatic rings. The predicted molar refractivity (Wildman–Crippen MR) is 136 cm³/mol. The van der Waals surface area contributed by atoms with Crippen LogP contribution in [0.15, 0.2) is 72.8 Å². The Bertz CT molecular complexity index is 1290. The highest BCUT2D eigenvalue weighted by molar-refractivity contribution is 7.92. The highest BCUT2D eigenvalue weighted by atomic mass is 32.2. The third kappa shape index (κ3) is 6.23. The number of hydrogen-bond donors (Lipinski definition) is 2. The zero-order valence-electron chi connectivity index (χ0n) is 19.7. The third-order valence-corrected chi connectivity index (χ3v) is 6.54. The summed E-state index contributed by atoms with van der Waals surface area (Å²) in [6, 6.07) is 21.4. The minimum Gasteiger partial charge on any atom is -0.345 e. The van der Waals surface area contributed by atoms with Crippen LogP contribution in [0.5, 0.6) is 0 Å². The van der Waals surface area contributed by atoms with Crippen LogP contribution >= 0.6 is 0 Å². The molecular weight excluding hydrogens is 450 g/mol. The van der Waals surface area contributed by atoms with E-state index >= 15 is 0 Å². The normalized spacial score (nSPS) is 12.0. The minimum absolute atomic E-state index is 0.234. The molecule has 0 unspecified atom stereocenters. The first-order valence-corrected chi connectivity index (χ1v) is 12.7. The monoisotopic (exact) mass is 479 g/mol. The molecule has 0 saturated heterocycles. The van der Waals surface area contributed by atoms with Crippen LogP contribution in [-0.4, -0.2) is 33.0 Å². The number of amides is 2. The lowest BCUT2D eigenvalue weighted by Crippen LogP contribution is -2.38. The maximum atomic E-state index is 12.9. The van der Waals surface area contributed by atoms with Gasteiger partial charge in [0, 0.05) is 0 Å². The summed E-state index contributed by atoms with van der Waals surface area (Å²) in [6.45, 7) is 5.11. The summed E-state index contributed by atoms with van der Waals surface area (Å²) in [5, 5.41) is 5.64. The van der Waals surface area contributed by atoms with Crippen molar-refractivity contribution in [3.05, 3.63) is 95.1 Å². The van der Waals surface area contributed by atoms with Gasteiger partial charge in [-0.15, -0.1) is 0 Å². The molecule has 0 spiro atoms. The number of rotatable bonds is 8. The van der Waals surface area contributed by atoms with Crippen molar-refractivity contribution in [3.8, 4) is 0 Å². The van der Waals surface area contributed by atoms with Crippen molar-refractivity contribution in [2.45, 2.75) is 26.8 Å². The molecule has 0 aromatic heterocycles. The van der Waals surface area contributed by atoms with Crippen molar-refractivity contribution >= 4 is 33.2 Å². The highest BCUT2D eigenvalue weighted by Crippen LogP contribution is 2.24. The SMILES string of the molecule is Cc1ccc(C)c(N(CC(=O)Nc2ccccc2C(=O)N[C@@H](C)c2ccccc2)S(C)(=O)=O)c1. The molecule has 0 fully saturated rings. The van der Waals surface area contributed by atoms with E-state index in [0.717, 1.165) is 27.3 Å². The van der Waals surface area contributed by atoms with Crippen LogP contribution in [0.4, 0.5) is 11.4 Å². The molecule has 0 aliphatic carbocycles. The summed E-state index contributed by atoms with van der Waals surface area (Å²) in [4.78, 5) is 25.9. The number of carbonyl (C=O) groups excluding carboxylic acids is 2. The summed E-state index contributed by atoms with van der Waals surface area (Å²) < 4.78 is 26.1. The second kappa shape index (κ2) is 10.5. The van der Waals surface area contributed by atoms with Crippen LogP contribution in [0, 0.1) is 13.8 Å². The topological polar surface area (TPSA) is 95.6 Å². The van der Waals surface area contributed by atoms with Crippen molar-refractivity contribution in [1.82, 2.24) is 5.32 Å². The number of para-hydroxylation sites is 1. The summed E-state index contributed by atoms with van der Waals surface area (Å²) in [6.07, 6.45) is 1.06. The molecule has 0 heterocycles. The number of sulfonamides is 1. The van der Waals surface area contributed by atoms with Crippen molar-refractivity contribution in [2.75, 3.05) is 22.4 Å². The van der Waals surface area contributed by atoms with Crippen molar-refractivity contribution in [2.24, 2.45) is 0 Å². The Hall–Kier alpha value is -3.65. The Morgan fingerprint density at radius 1 is 0.941 bits per heavy atom.